The van der Waals surface area contributed by atoms with Crippen LogP contribution >= 0.6 is 11.6 Å². The Morgan fingerprint density at radius 1 is 1.33 bits per heavy atom. The Morgan fingerprint density at radius 2 is 2.10 bits per heavy atom. The van der Waals surface area contributed by atoms with Crippen molar-refractivity contribution in [3.8, 4) is 5.75 Å². The summed E-state index contributed by atoms with van der Waals surface area (Å²) < 4.78 is 11.0. The summed E-state index contributed by atoms with van der Waals surface area (Å²) in [5.41, 5.74) is 6.63. The Morgan fingerprint density at radius 3 is 2.67 bits per heavy atom. The lowest BCUT2D eigenvalue weighted by molar-refractivity contribution is 0.119. The molecule has 0 saturated carbocycles. The first-order chi connectivity index (χ1) is 10.1. The zero-order chi connectivity index (χ0) is 15.4. The van der Waals surface area contributed by atoms with Gasteiger partial charge in [-0.2, -0.15) is 0 Å². The zero-order valence-corrected chi connectivity index (χ0v) is 12.9. The second-order valence-corrected chi connectivity index (χ2v) is 5.27. The third-order valence-electron chi connectivity index (χ3n) is 3.55. The standard InChI is InChI=1S/C16H20ClNO3/c1-3-11-5-7-15(21-11)16(19)13(9-18)12-8-10(17)4-6-14(12)20-2/h4-8,13,16,19H,3,9,18H2,1-2H3. The number of rotatable bonds is 6. The summed E-state index contributed by atoms with van der Waals surface area (Å²) in [5.74, 6) is 1.63. The number of aliphatic hydroxyl groups excluding tert-OH is 1. The van der Waals surface area contributed by atoms with Gasteiger partial charge in [0, 0.05) is 29.5 Å². The van der Waals surface area contributed by atoms with E-state index in [2.05, 4.69) is 0 Å². The van der Waals surface area contributed by atoms with Gasteiger partial charge in [-0.05, 0) is 30.3 Å². The number of aliphatic hydroxyl groups is 1. The summed E-state index contributed by atoms with van der Waals surface area (Å²) in [6.07, 6.45) is -0.0665. The first-order valence-electron chi connectivity index (χ1n) is 6.90. The van der Waals surface area contributed by atoms with Crippen LogP contribution in [-0.4, -0.2) is 18.8 Å². The number of hydrogen-bond donors (Lipinski definition) is 2. The maximum Gasteiger partial charge on any atom is 0.133 e. The van der Waals surface area contributed by atoms with Crippen molar-refractivity contribution in [2.45, 2.75) is 25.4 Å². The lowest BCUT2D eigenvalue weighted by Crippen LogP contribution is -2.20. The number of furan rings is 1. The monoisotopic (exact) mass is 309 g/mol. The minimum atomic E-state index is -0.845. The van der Waals surface area contributed by atoms with E-state index in [0.717, 1.165) is 17.7 Å². The molecule has 2 rings (SSSR count). The molecule has 1 aromatic heterocycles. The van der Waals surface area contributed by atoms with E-state index in [-0.39, 0.29) is 12.5 Å². The SMILES string of the molecule is CCc1ccc(C(O)C(CN)c2cc(Cl)ccc2OC)o1. The zero-order valence-electron chi connectivity index (χ0n) is 12.2. The summed E-state index contributed by atoms with van der Waals surface area (Å²) >= 11 is 6.05. The average Bonchev–Trinajstić information content (AvgIpc) is 2.97. The molecule has 0 spiro atoms. The summed E-state index contributed by atoms with van der Waals surface area (Å²) in [7, 11) is 1.58. The lowest BCUT2D eigenvalue weighted by Gasteiger charge is -2.22. The van der Waals surface area contributed by atoms with Crippen molar-refractivity contribution in [2.75, 3.05) is 13.7 Å². The van der Waals surface area contributed by atoms with E-state index >= 15 is 0 Å². The van der Waals surface area contributed by atoms with Crippen LogP contribution in [0.1, 0.15) is 36.0 Å². The lowest BCUT2D eigenvalue weighted by atomic mass is 9.91. The maximum absolute atomic E-state index is 10.6. The predicted molar refractivity (Wildman–Crippen MR) is 82.8 cm³/mol. The quantitative estimate of drug-likeness (QED) is 0.859. The van der Waals surface area contributed by atoms with E-state index in [0.29, 0.717) is 16.5 Å². The predicted octanol–water partition coefficient (Wildman–Crippen LogP) is 3.28. The first kappa shape index (κ1) is 15.9. The smallest absolute Gasteiger partial charge is 0.133 e. The van der Waals surface area contributed by atoms with Gasteiger partial charge in [0.2, 0.25) is 0 Å². The number of benzene rings is 1. The Labute approximate surface area is 129 Å². The fourth-order valence-electron chi connectivity index (χ4n) is 2.36. The van der Waals surface area contributed by atoms with Gasteiger partial charge in [0.25, 0.3) is 0 Å². The number of ether oxygens (including phenoxy) is 1. The highest BCUT2D eigenvalue weighted by Crippen LogP contribution is 2.37. The highest BCUT2D eigenvalue weighted by Gasteiger charge is 2.27. The number of aryl methyl sites for hydroxylation is 1. The summed E-state index contributed by atoms with van der Waals surface area (Å²) in [6, 6.07) is 8.92. The van der Waals surface area contributed by atoms with Gasteiger partial charge in [0.1, 0.15) is 23.4 Å². The van der Waals surface area contributed by atoms with Crippen molar-refractivity contribution in [2.24, 2.45) is 5.73 Å². The fraction of sp³-hybridized carbons (Fsp3) is 0.375. The van der Waals surface area contributed by atoms with E-state index in [1.807, 2.05) is 13.0 Å². The molecule has 0 aliphatic rings. The molecule has 1 aromatic carbocycles. The molecule has 4 nitrogen and oxygen atoms in total. The Hall–Kier alpha value is -1.49. The van der Waals surface area contributed by atoms with Crippen LogP contribution in [0.25, 0.3) is 0 Å². The topological polar surface area (TPSA) is 68.6 Å². The molecule has 2 aromatic rings. The van der Waals surface area contributed by atoms with Crippen molar-refractivity contribution >= 4 is 11.6 Å². The molecular weight excluding hydrogens is 290 g/mol. The van der Waals surface area contributed by atoms with Crippen LogP contribution in [-0.2, 0) is 6.42 Å². The minimum absolute atomic E-state index is 0.250. The summed E-state index contributed by atoms with van der Waals surface area (Å²) in [4.78, 5) is 0. The largest absolute Gasteiger partial charge is 0.496 e. The van der Waals surface area contributed by atoms with Gasteiger partial charge in [-0.1, -0.05) is 18.5 Å². The van der Waals surface area contributed by atoms with Crippen molar-refractivity contribution in [1.82, 2.24) is 0 Å². The van der Waals surface area contributed by atoms with Gasteiger partial charge in [0.05, 0.1) is 7.11 Å². The van der Waals surface area contributed by atoms with Gasteiger partial charge >= 0.3 is 0 Å². The summed E-state index contributed by atoms with van der Waals surface area (Å²) in [5, 5.41) is 11.2. The molecule has 0 aliphatic heterocycles. The molecule has 2 atom stereocenters. The van der Waals surface area contributed by atoms with Gasteiger partial charge in [-0.25, -0.2) is 0 Å². The molecule has 1 heterocycles. The molecule has 0 aliphatic carbocycles. The molecule has 0 saturated heterocycles. The van der Waals surface area contributed by atoms with E-state index in [1.165, 1.54) is 0 Å². The van der Waals surface area contributed by atoms with Crippen LogP contribution < -0.4 is 10.5 Å². The third kappa shape index (κ3) is 3.40. The van der Waals surface area contributed by atoms with Gasteiger partial charge in [0.15, 0.2) is 0 Å². The Bertz CT molecular complexity index is 597. The molecule has 21 heavy (non-hydrogen) atoms. The first-order valence-corrected chi connectivity index (χ1v) is 7.28. The Kier molecular flexibility index (Phi) is 5.28. The van der Waals surface area contributed by atoms with Crippen molar-refractivity contribution < 1.29 is 14.3 Å². The molecule has 0 amide bonds. The van der Waals surface area contributed by atoms with E-state index in [4.69, 9.17) is 26.5 Å². The molecule has 5 heteroatoms. The molecule has 0 fully saturated rings. The minimum Gasteiger partial charge on any atom is -0.496 e. The van der Waals surface area contributed by atoms with Crippen LogP contribution in [0.5, 0.6) is 5.75 Å². The second-order valence-electron chi connectivity index (χ2n) is 4.83. The van der Waals surface area contributed by atoms with E-state index < -0.39 is 6.10 Å². The number of hydrogen-bond acceptors (Lipinski definition) is 4. The van der Waals surface area contributed by atoms with Crippen molar-refractivity contribution in [3.63, 3.8) is 0 Å². The fourth-order valence-corrected chi connectivity index (χ4v) is 2.54. The normalized spacial score (nSPS) is 14.0. The molecule has 0 bridgehead atoms. The van der Waals surface area contributed by atoms with Gasteiger partial charge < -0.3 is 20.0 Å². The molecule has 114 valence electrons. The average molecular weight is 310 g/mol. The second kappa shape index (κ2) is 6.98. The maximum atomic E-state index is 10.6. The number of halogens is 1. The van der Waals surface area contributed by atoms with Crippen LogP contribution in [0.2, 0.25) is 5.02 Å². The Balaban J connectivity index is 2.36. The van der Waals surface area contributed by atoms with Crippen LogP contribution in [0, 0.1) is 0 Å². The highest BCUT2D eigenvalue weighted by molar-refractivity contribution is 6.30. The third-order valence-corrected chi connectivity index (χ3v) is 3.78. The van der Waals surface area contributed by atoms with Crippen molar-refractivity contribution in [1.29, 1.82) is 0 Å². The highest BCUT2D eigenvalue weighted by atomic mass is 35.5. The van der Waals surface area contributed by atoms with E-state index in [1.54, 1.807) is 31.4 Å². The van der Waals surface area contributed by atoms with Crippen molar-refractivity contribution in [3.05, 3.63) is 52.4 Å². The van der Waals surface area contributed by atoms with Crippen LogP contribution in [0.15, 0.2) is 34.7 Å². The number of methoxy groups -OCH3 is 1. The molecule has 2 unspecified atom stereocenters. The van der Waals surface area contributed by atoms with Crippen LogP contribution in [0.3, 0.4) is 0 Å². The molecule has 3 N–H and O–H groups in total. The van der Waals surface area contributed by atoms with Gasteiger partial charge in [-0.15, -0.1) is 0 Å². The van der Waals surface area contributed by atoms with Crippen LogP contribution in [0.4, 0.5) is 0 Å². The molecular formula is C16H20ClNO3. The summed E-state index contributed by atoms with van der Waals surface area (Å²) in [6.45, 7) is 2.25. The van der Waals surface area contributed by atoms with E-state index in [9.17, 15) is 5.11 Å². The molecule has 0 radical (unpaired) electrons. The van der Waals surface area contributed by atoms with Gasteiger partial charge in [-0.3, -0.25) is 0 Å². The number of nitrogens with two attached hydrogens (primary N) is 1.